The van der Waals surface area contributed by atoms with E-state index in [1.165, 1.54) is 11.0 Å². The van der Waals surface area contributed by atoms with E-state index in [0.29, 0.717) is 18.9 Å². The molecule has 0 spiro atoms. The van der Waals surface area contributed by atoms with Crippen molar-refractivity contribution in [1.82, 2.24) is 25.5 Å². The van der Waals surface area contributed by atoms with Crippen LogP contribution in [0.2, 0.25) is 0 Å². The van der Waals surface area contributed by atoms with Crippen LogP contribution in [0.1, 0.15) is 32.6 Å². The molecule has 2 N–H and O–H groups in total. The lowest BCUT2D eigenvalue weighted by molar-refractivity contribution is -0.123. The highest BCUT2D eigenvalue weighted by Crippen LogP contribution is 2.31. The molecule has 0 bridgehead atoms. The van der Waals surface area contributed by atoms with Gasteiger partial charge in [-0.3, -0.25) is 4.79 Å². The van der Waals surface area contributed by atoms with E-state index in [1.807, 2.05) is 0 Å². The second-order valence-electron chi connectivity index (χ2n) is 4.79. The van der Waals surface area contributed by atoms with E-state index in [2.05, 4.69) is 27.8 Å². The van der Waals surface area contributed by atoms with Crippen LogP contribution in [0.4, 0.5) is 0 Å². The van der Waals surface area contributed by atoms with Gasteiger partial charge in [0.15, 0.2) is 0 Å². The summed E-state index contributed by atoms with van der Waals surface area (Å²) in [6, 6.07) is 0.176. The topological polar surface area (TPSA) is 92.9 Å². The van der Waals surface area contributed by atoms with Crippen molar-refractivity contribution in [2.45, 2.75) is 51.3 Å². The first-order valence-corrected chi connectivity index (χ1v) is 6.37. The van der Waals surface area contributed by atoms with Crippen LogP contribution in [-0.4, -0.2) is 43.4 Å². The summed E-state index contributed by atoms with van der Waals surface area (Å²) < 4.78 is 1.54. The number of aliphatic hydroxyl groups is 1. The van der Waals surface area contributed by atoms with Crippen molar-refractivity contribution >= 4 is 5.91 Å². The van der Waals surface area contributed by atoms with Crippen LogP contribution >= 0.6 is 0 Å². The quantitative estimate of drug-likeness (QED) is 0.728. The highest BCUT2D eigenvalue weighted by molar-refractivity contribution is 5.76. The molecule has 0 aromatic carbocycles. The summed E-state index contributed by atoms with van der Waals surface area (Å²) in [5, 5.41) is 23.0. The Morgan fingerprint density at radius 1 is 1.61 bits per heavy atom. The average molecular weight is 253 g/mol. The number of amides is 1. The first-order valence-electron chi connectivity index (χ1n) is 6.37. The molecule has 1 fully saturated rings. The molecule has 7 nitrogen and oxygen atoms in total. The van der Waals surface area contributed by atoms with Crippen molar-refractivity contribution < 1.29 is 9.90 Å². The van der Waals surface area contributed by atoms with Crippen LogP contribution in [0.15, 0.2) is 6.33 Å². The van der Waals surface area contributed by atoms with Crippen molar-refractivity contribution in [2.24, 2.45) is 5.92 Å². The normalized spacial score (nSPS) is 24.3. The Hall–Kier alpha value is -1.50. The van der Waals surface area contributed by atoms with Gasteiger partial charge in [0.2, 0.25) is 5.91 Å². The minimum absolute atomic E-state index is 0.0127. The van der Waals surface area contributed by atoms with Crippen LogP contribution < -0.4 is 5.32 Å². The molecule has 2 rings (SSSR count). The maximum atomic E-state index is 11.8. The Labute approximate surface area is 106 Å². The van der Waals surface area contributed by atoms with Gasteiger partial charge in [0.1, 0.15) is 6.33 Å². The summed E-state index contributed by atoms with van der Waals surface area (Å²) in [5.74, 6) is 0.431. The van der Waals surface area contributed by atoms with Gasteiger partial charge in [-0.25, -0.2) is 4.68 Å². The van der Waals surface area contributed by atoms with E-state index >= 15 is 0 Å². The molecule has 1 aliphatic carbocycles. The predicted octanol–water partition coefficient (Wildman–Crippen LogP) is -0.271. The fraction of sp³-hybridized carbons (Fsp3) is 0.818. The Bertz CT molecular complexity index is 375. The fourth-order valence-electron chi connectivity index (χ4n) is 2.29. The minimum atomic E-state index is -0.179. The number of nitrogens with one attached hydrogen (secondary N) is 1. The van der Waals surface area contributed by atoms with Gasteiger partial charge in [-0.2, -0.15) is 0 Å². The van der Waals surface area contributed by atoms with Gasteiger partial charge in [0.05, 0.1) is 12.6 Å². The number of carbonyl (C=O) groups is 1. The largest absolute Gasteiger partial charge is 0.393 e. The SMILES string of the molecule is CC[C@H](NC(=O)CCn1cnnn1)C1CC(O)C1. The van der Waals surface area contributed by atoms with Gasteiger partial charge in [0, 0.05) is 12.5 Å². The van der Waals surface area contributed by atoms with Gasteiger partial charge >= 0.3 is 0 Å². The molecule has 1 aliphatic rings. The van der Waals surface area contributed by atoms with Gasteiger partial charge in [-0.05, 0) is 35.6 Å². The third-order valence-electron chi connectivity index (χ3n) is 3.46. The number of carbonyl (C=O) groups excluding carboxylic acids is 1. The van der Waals surface area contributed by atoms with E-state index in [1.54, 1.807) is 0 Å². The van der Waals surface area contributed by atoms with Crippen LogP contribution in [0.3, 0.4) is 0 Å². The van der Waals surface area contributed by atoms with Gasteiger partial charge < -0.3 is 10.4 Å². The van der Waals surface area contributed by atoms with Gasteiger partial charge in [0.25, 0.3) is 0 Å². The Morgan fingerprint density at radius 2 is 2.39 bits per heavy atom. The summed E-state index contributed by atoms with van der Waals surface area (Å²) in [7, 11) is 0. The van der Waals surface area contributed by atoms with E-state index in [9.17, 15) is 9.90 Å². The number of tetrazole rings is 1. The van der Waals surface area contributed by atoms with Crippen molar-refractivity contribution in [3.05, 3.63) is 6.33 Å². The molecule has 1 atom stereocenters. The molecule has 1 aromatic rings. The maximum Gasteiger partial charge on any atom is 0.222 e. The summed E-state index contributed by atoms with van der Waals surface area (Å²) in [6.45, 7) is 2.54. The fourth-order valence-corrected chi connectivity index (χ4v) is 2.29. The first-order chi connectivity index (χ1) is 8.69. The number of hydrogen-bond donors (Lipinski definition) is 2. The van der Waals surface area contributed by atoms with Crippen LogP contribution in [-0.2, 0) is 11.3 Å². The lowest BCUT2D eigenvalue weighted by Gasteiger charge is -2.37. The predicted molar refractivity (Wildman–Crippen MR) is 63.4 cm³/mol. The average Bonchev–Trinajstić information content (AvgIpc) is 2.83. The maximum absolute atomic E-state index is 11.8. The van der Waals surface area contributed by atoms with Gasteiger partial charge in [-0.1, -0.05) is 6.92 Å². The molecule has 0 unspecified atom stereocenters. The molecule has 18 heavy (non-hydrogen) atoms. The van der Waals surface area contributed by atoms with Crippen molar-refractivity contribution in [3.8, 4) is 0 Å². The zero-order chi connectivity index (χ0) is 13.0. The molecule has 0 saturated heterocycles. The minimum Gasteiger partial charge on any atom is -0.393 e. The molecule has 1 amide bonds. The number of hydrogen-bond acceptors (Lipinski definition) is 5. The summed E-state index contributed by atoms with van der Waals surface area (Å²) in [4.78, 5) is 11.8. The molecular formula is C11H19N5O2. The first kappa shape index (κ1) is 12.9. The molecule has 100 valence electrons. The second-order valence-corrected chi connectivity index (χ2v) is 4.79. The van der Waals surface area contributed by atoms with Crippen molar-refractivity contribution in [2.75, 3.05) is 0 Å². The molecule has 0 aliphatic heterocycles. The standard InChI is InChI=1S/C11H19N5O2/c1-2-10(8-5-9(17)6-8)13-11(18)3-4-16-7-12-14-15-16/h7-10,17H,2-6H2,1H3,(H,13,18)/t8?,9?,10-/m0/s1. The Kier molecular flexibility index (Phi) is 4.24. The van der Waals surface area contributed by atoms with E-state index in [0.717, 1.165) is 19.3 Å². The van der Waals surface area contributed by atoms with Crippen molar-refractivity contribution in [1.29, 1.82) is 0 Å². The van der Waals surface area contributed by atoms with Crippen LogP contribution in [0.5, 0.6) is 0 Å². The number of rotatable bonds is 6. The Balaban J connectivity index is 1.72. The third kappa shape index (κ3) is 3.25. The number of aromatic nitrogens is 4. The van der Waals surface area contributed by atoms with E-state index in [4.69, 9.17) is 0 Å². The monoisotopic (exact) mass is 253 g/mol. The summed E-state index contributed by atoms with van der Waals surface area (Å²) >= 11 is 0. The zero-order valence-electron chi connectivity index (χ0n) is 10.5. The molecule has 1 aromatic heterocycles. The summed E-state index contributed by atoms with van der Waals surface area (Å²) in [5.41, 5.74) is 0. The highest BCUT2D eigenvalue weighted by Gasteiger charge is 2.33. The second kappa shape index (κ2) is 5.90. The number of aryl methyl sites for hydroxylation is 1. The number of nitrogens with zero attached hydrogens (tertiary/aromatic N) is 4. The molecule has 7 heteroatoms. The van der Waals surface area contributed by atoms with Crippen molar-refractivity contribution in [3.63, 3.8) is 0 Å². The van der Waals surface area contributed by atoms with Crippen LogP contribution in [0, 0.1) is 5.92 Å². The third-order valence-corrected chi connectivity index (χ3v) is 3.46. The van der Waals surface area contributed by atoms with Gasteiger partial charge in [-0.15, -0.1) is 5.10 Å². The lowest BCUT2D eigenvalue weighted by Crippen LogP contribution is -2.46. The van der Waals surface area contributed by atoms with Crippen LogP contribution in [0.25, 0.3) is 0 Å². The van der Waals surface area contributed by atoms with E-state index < -0.39 is 0 Å². The smallest absolute Gasteiger partial charge is 0.222 e. The number of aliphatic hydroxyl groups excluding tert-OH is 1. The molecule has 0 radical (unpaired) electrons. The van der Waals surface area contributed by atoms with E-state index in [-0.39, 0.29) is 18.1 Å². The molecule has 1 saturated carbocycles. The molecule has 1 heterocycles. The zero-order valence-corrected chi connectivity index (χ0v) is 10.5. The molecular weight excluding hydrogens is 234 g/mol. The lowest BCUT2D eigenvalue weighted by atomic mass is 9.76. The highest BCUT2D eigenvalue weighted by atomic mass is 16.3. The Morgan fingerprint density at radius 3 is 2.94 bits per heavy atom. The summed E-state index contributed by atoms with van der Waals surface area (Å²) in [6.07, 6.45) is 4.18.